The average molecular weight is 204 g/mol. The summed E-state index contributed by atoms with van der Waals surface area (Å²) in [6, 6.07) is 4.02. The van der Waals surface area contributed by atoms with Crippen molar-refractivity contribution in [1.29, 1.82) is 0 Å². The molecule has 0 atom stereocenters. The predicted molar refractivity (Wildman–Crippen MR) is 61.2 cm³/mol. The van der Waals surface area contributed by atoms with Crippen molar-refractivity contribution in [3.8, 4) is 0 Å². The maximum absolute atomic E-state index is 4.57. The van der Waals surface area contributed by atoms with Gasteiger partial charge in [0.2, 0.25) is 0 Å². The van der Waals surface area contributed by atoms with Crippen molar-refractivity contribution in [1.82, 2.24) is 14.6 Å². The van der Waals surface area contributed by atoms with Gasteiger partial charge < -0.3 is 5.32 Å². The highest BCUT2D eigenvalue weighted by atomic mass is 15.3. The SMILES string of the molecule is CNc1cnc2ccc(C(C)(C)C)nn12. The third-order valence-electron chi connectivity index (χ3n) is 2.39. The Morgan fingerprint density at radius 1 is 1.27 bits per heavy atom. The zero-order valence-corrected chi connectivity index (χ0v) is 9.57. The molecule has 80 valence electrons. The number of nitrogens with zero attached hydrogens (tertiary/aromatic N) is 3. The summed E-state index contributed by atoms with van der Waals surface area (Å²) in [5.41, 5.74) is 1.99. The van der Waals surface area contributed by atoms with E-state index < -0.39 is 0 Å². The lowest BCUT2D eigenvalue weighted by molar-refractivity contribution is 0.555. The van der Waals surface area contributed by atoms with E-state index in [1.165, 1.54) is 0 Å². The molecule has 0 aromatic carbocycles. The summed E-state index contributed by atoms with van der Waals surface area (Å²) >= 11 is 0. The second-order valence-corrected chi connectivity index (χ2v) is 4.63. The molecule has 15 heavy (non-hydrogen) atoms. The van der Waals surface area contributed by atoms with Gasteiger partial charge in [-0.05, 0) is 12.1 Å². The lowest BCUT2D eigenvalue weighted by Crippen LogP contribution is -2.15. The summed E-state index contributed by atoms with van der Waals surface area (Å²) in [5.74, 6) is 0.913. The molecule has 4 heteroatoms. The molecule has 2 aromatic rings. The maximum atomic E-state index is 4.57. The molecule has 0 aliphatic heterocycles. The number of anilines is 1. The van der Waals surface area contributed by atoms with Crippen molar-refractivity contribution in [3.63, 3.8) is 0 Å². The first kappa shape index (κ1) is 9.96. The molecule has 0 bridgehead atoms. The van der Waals surface area contributed by atoms with E-state index in [1.807, 2.05) is 23.7 Å². The van der Waals surface area contributed by atoms with Crippen molar-refractivity contribution in [2.75, 3.05) is 12.4 Å². The Bertz CT molecular complexity index is 479. The first-order valence-electron chi connectivity index (χ1n) is 5.05. The zero-order chi connectivity index (χ0) is 11.1. The van der Waals surface area contributed by atoms with Gasteiger partial charge in [0.25, 0.3) is 0 Å². The zero-order valence-electron chi connectivity index (χ0n) is 9.57. The number of nitrogens with one attached hydrogen (secondary N) is 1. The van der Waals surface area contributed by atoms with Crippen LogP contribution in [-0.2, 0) is 5.41 Å². The van der Waals surface area contributed by atoms with Crippen molar-refractivity contribution < 1.29 is 0 Å². The van der Waals surface area contributed by atoms with Gasteiger partial charge >= 0.3 is 0 Å². The van der Waals surface area contributed by atoms with E-state index in [0.717, 1.165) is 17.2 Å². The van der Waals surface area contributed by atoms with Gasteiger partial charge in [0, 0.05) is 12.5 Å². The standard InChI is InChI=1S/C11H16N4/c1-11(2,3)8-5-6-9-13-7-10(12-4)15(9)14-8/h5-7,12H,1-4H3. The highest BCUT2D eigenvalue weighted by Gasteiger charge is 2.16. The second-order valence-electron chi connectivity index (χ2n) is 4.63. The highest BCUT2D eigenvalue weighted by Crippen LogP contribution is 2.20. The van der Waals surface area contributed by atoms with Crippen LogP contribution in [0.5, 0.6) is 0 Å². The normalized spacial score (nSPS) is 12.0. The lowest BCUT2D eigenvalue weighted by Gasteiger charge is -2.17. The van der Waals surface area contributed by atoms with Gasteiger partial charge in [-0.15, -0.1) is 0 Å². The summed E-state index contributed by atoms with van der Waals surface area (Å²) in [5, 5.41) is 7.64. The smallest absolute Gasteiger partial charge is 0.155 e. The Hall–Kier alpha value is -1.58. The molecule has 0 aliphatic carbocycles. The summed E-state index contributed by atoms with van der Waals surface area (Å²) in [4.78, 5) is 4.25. The third-order valence-corrected chi connectivity index (χ3v) is 2.39. The third kappa shape index (κ3) is 1.67. The summed E-state index contributed by atoms with van der Waals surface area (Å²) < 4.78 is 1.83. The van der Waals surface area contributed by atoms with Gasteiger partial charge in [0.05, 0.1) is 11.9 Å². The van der Waals surface area contributed by atoms with Crippen molar-refractivity contribution in [2.45, 2.75) is 26.2 Å². The molecule has 2 heterocycles. The molecule has 2 rings (SSSR count). The van der Waals surface area contributed by atoms with Crippen LogP contribution in [0, 0.1) is 0 Å². The fourth-order valence-electron chi connectivity index (χ4n) is 1.44. The highest BCUT2D eigenvalue weighted by molar-refractivity contribution is 5.48. The summed E-state index contributed by atoms with van der Waals surface area (Å²) in [7, 11) is 1.87. The van der Waals surface area contributed by atoms with Crippen LogP contribution in [0.4, 0.5) is 5.82 Å². The van der Waals surface area contributed by atoms with Gasteiger partial charge in [-0.3, -0.25) is 0 Å². The van der Waals surface area contributed by atoms with Gasteiger partial charge in [-0.1, -0.05) is 20.8 Å². The Labute approximate surface area is 89.3 Å². The fourth-order valence-corrected chi connectivity index (χ4v) is 1.44. The Kier molecular flexibility index (Phi) is 2.14. The van der Waals surface area contributed by atoms with E-state index in [9.17, 15) is 0 Å². The number of fused-ring (bicyclic) bond motifs is 1. The first-order valence-corrected chi connectivity index (χ1v) is 5.05. The van der Waals surface area contributed by atoms with Crippen molar-refractivity contribution >= 4 is 11.5 Å². The van der Waals surface area contributed by atoms with Crippen molar-refractivity contribution in [2.24, 2.45) is 0 Å². The molecule has 0 amide bonds. The topological polar surface area (TPSA) is 42.2 Å². The van der Waals surface area contributed by atoms with Gasteiger partial charge in [-0.2, -0.15) is 9.61 Å². The van der Waals surface area contributed by atoms with Crippen LogP contribution in [0.1, 0.15) is 26.5 Å². The number of aromatic nitrogens is 3. The molecule has 0 spiro atoms. The van der Waals surface area contributed by atoms with Crippen LogP contribution in [0.15, 0.2) is 18.3 Å². The predicted octanol–water partition coefficient (Wildman–Crippen LogP) is 2.07. The van der Waals surface area contributed by atoms with Crippen molar-refractivity contribution in [3.05, 3.63) is 24.0 Å². The molecule has 0 aliphatic rings. The fraction of sp³-hybridized carbons (Fsp3) is 0.455. The van der Waals surface area contributed by atoms with E-state index >= 15 is 0 Å². The molecule has 0 saturated carbocycles. The van der Waals surface area contributed by atoms with Crippen LogP contribution in [0.2, 0.25) is 0 Å². The molecule has 0 saturated heterocycles. The minimum Gasteiger partial charge on any atom is -0.372 e. The van der Waals surface area contributed by atoms with Gasteiger partial charge in [0.1, 0.15) is 5.82 Å². The summed E-state index contributed by atoms with van der Waals surface area (Å²) in [6.07, 6.45) is 1.79. The summed E-state index contributed by atoms with van der Waals surface area (Å²) in [6.45, 7) is 6.45. The maximum Gasteiger partial charge on any atom is 0.155 e. The lowest BCUT2D eigenvalue weighted by atomic mass is 9.92. The number of hydrogen-bond acceptors (Lipinski definition) is 3. The number of hydrogen-bond donors (Lipinski definition) is 1. The van der Waals surface area contributed by atoms with E-state index in [4.69, 9.17) is 0 Å². The monoisotopic (exact) mass is 204 g/mol. The first-order chi connectivity index (χ1) is 7.02. The quantitative estimate of drug-likeness (QED) is 0.773. The van der Waals surface area contributed by atoms with E-state index in [2.05, 4.69) is 36.2 Å². The minimum atomic E-state index is 0.0590. The van der Waals surface area contributed by atoms with Crippen LogP contribution in [-0.4, -0.2) is 21.6 Å². The molecule has 1 N–H and O–H groups in total. The molecule has 2 aromatic heterocycles. The molecule has 0 fully saturated rings. The molecular formula is C11H16N4. The van der Waals surface area contributed by atoms with E-state index in [1.54, 1.807) is 6.20 Å². The van der Waals surface area contributed by atoms with Crippen LogP contribution < -0.4 is 5.32 Å². The van der Waals surface area contributed by atoms with Crippen LogP contribution in [0.3, 0.4) is 0 Å². The van der Waals surface area contributed by atoms with Gasteiger partial charge in [0.15, 0.2) is 5.65 Å². The largest absolute Gasteiger partial charge is 0.372 e. The van der Waals surface area contributed by atoms with Crippen LogP contribution >= 0.6 is 0 Å². The Morgan fingerprint density at radius 2 is 2.00 bits per heavy atom. The van der Waals surface area contributed by atoms with Crippen LogP contribution in [0.25, 0.3) is 5.65 Å². The second kappa shape index (κ2) is 3.22. The molecular weight excluding hydrogens is 188 g/mol. The Morgan fingerprint density at radius 3 is 2.60 bits per heavy atom. The van der Waals surface area contributed by atoms with E-state index in [0.29, 0.717) is 0 Å². The number of rotatable bonds is 1. The average Bonchev–Trinajstić information content (AvgIpc) is 2.57. The molecule has 0 unspecified atom stereocenters. The molecule has 0 radical (unpaired) electrons. The minimum absolute atomic E-state index is 0.0590. The Balaban J connectivity index is 2.63. The van der Waals surface area contributed by atoms with E-state index in [-0.39, 0.29) is 5.41 Å². The molecule has 4 nitrogen and oxygen atoms in total. The number of imidazole rings is 1. The van der Waals surface area contributed by atoms with Gasteiger partial charge in [-0.25, -0.2) is 4.98 Å².